The number of rotatable bonds is 5. The fraction of sp³-hybridized carbons (Fsp3) is 0.350. The standard InChI is InChI=1S/C20H24N2O3S2/c1-15-5-3-4-6-19(15)21-20(23)16-11-13-22(14-12-16)27(24,25)18-9-7-17(26-2)8-10-18/h3-10,16H,11-14H2,1-2H3,(H,21,23). The maximum absolute atomic E-state index is 12.8. The number of nitrogens with zero attached hydrogens (tertiary/aromatic N) is 1. The molecule has 1 N–H and O–H groups in total. The van der Waals surface area contributed by atoms with Gasteiger partial charge >= 0.3 is 0 Å². The Morgan fingerprint density at radius 2 is 1.70 bits per heavy atom. The number of anilines is 1. The zero-order valence-corrected chi connectivity index (χ0v) is 17.1. The van der Waals surface area contributed by atoms with Crippen LogP contribution in [-0.2, 0) is 14.8 Å². The molecule has 5 nitrogen and oxygen atoms in total. The van der Waals surface area contributed by atoms with Crippen LogP contribution in [0.25, 0.3) is 0 Å². The molecule has 1 heterocycles. The van der Waals surface area contributed by atoms with Gasteiger partial charge in [0.15, 0.2) is 0 Å². The highest BCUT2D eigenvalue weighted by molar-refractivity contribution is 7.98. The summed E-state index contributed by atoms with van der Waals surface area (Å²) in [6.45, 7) is 2.67. The van der Waals surface area contributed by atoms with Crippen molar-refractivity contribution in [3.8, 4) is 0 Å². The van der Waals surface area contributed by atoms with E-state index in [1.54, 1.807) is 23.9 Å². The number of piperidine rings is 1. The summed E-state index contributed by atoms with van der Waals surface area (Å²) in [5, 5.41) is 2.97. The van der Waals surface area contributed by atoms with E-state index in [1.165, 1.54) is 4.31 Å². The Labute approximate surface area is 165 Å². The summed E-state index contributed by atoms with van der Waals surface area (Å²) in [6.07, 6.45) is 3.01. The van der Waals surface area contributed by atoms with Gasteiger partial charge in [-0.25, -0.2) is 8.42 Å². The monoisotopic (exact) mass is 404 g/mol. The van der Waals surface area contributed by atoms with Crippen LogP contribution in [0.5, 0.6) is 0 Å². The number of carbonyl (C=O) groups is 1. The lowest BCUT2D eigenvalue weighted by molar-refractivity contribution is -0.120. The lowest BCUT2D eigenvalue weighted by Gasteiger charge is -2.30. The Morgan fingerprint density at radius 1 is 1.07 bits per heavy atom. The molecule has 7 heteroatoms. The minimum absolute atomic E-state index is 0.0364. The van der Waals surface area contributed by atoms with Gasteiger partial charge in [0.2, 0.25) is 15.9 Å². The van der Waals surface area contributed by atoms with Crippen molar-refractivity contribution in [2.24, 2.45) is 5.92 Å². The molecule has 2 aromatic rings. The van der Waals surface area contributed by atoms with Crippen LogP contribution in [0, 0.1) is 12.8 Å². The number of hydrogen-bond donors (Lipinski definition) is 1. The van der Waals surface area contributed by atoms with Crippen LogP contribution < -0.4 is 5.32 Å². The molecule has 0 unspecified atom stereocenters. The van der Waals surface area contributed by atoms with Crippen molar-refractivity contribution in [2.75, 3.05) is 24.7 Å². The molecule has 2 aromatic carbocycles. The van der Waals surface area contributed by atoms with E-state index < -0.39 is 10.0 Å². The highest BCUT2D eigenvalue weighted by Crippen LogP contribution is 2.26. The summed E-state index contributed by atoms with van der Waals surface area (Å²) in [7, 11) is -3.51. The summed E-state index contributed by atoms with van der Waals surface area (Å²) in [5.41, 5.74) is 1.82. The molecule has 0 atom stereocenters. The van der Waals surface area contributed by atoms with Gasteiger partial charge < -0.3 is 5.32 Å². The molecule has 0 saturated carbocycles. The largest absolute Gasteiger partial charge is 0.326 e. The molecule has 0 spiro atoms. The highest BCUT2D eigenvalue weighted by Gasteiger charge is 2.32. The Bertz CT molecular complexity index is 903. The molecule has 1 saturated heterocycles. The van der Waals surface area contributed by atoms with E-state index in [9.17, 15) is 13.2 Å². The lowest BCUT2D eigenvalue weighted by Crippen LogP contribution is -2.41. The molecule has 0 aliphatic carbocycles. The molecule has 0 bridgehead atoms. The van der Waals surface area contributed by atoms with Gasteiger partial charge in [-0.1, -0.05) is 18.2 Å². The van der Waals surface area contributed by atoms with Crippen molar-refractivity contribution in [3.63, 3.8) is 0 Å². The second kappa shape index (κ2) is 8.46. The molecule has 1 aliphatic rings. The first kappa shape index (κ1) is 19.9. The van der Waals surface area contributed by atoms with Gasteiger partial charge in [0.25, 0.3) is 0 Å². The van der Waals surface area contributed by atoms with E-state index in [-0.39, 0.29) is 11.8 Å². The van der Waals surface area contributed by atoms with E-state index >= 15 is 0 Å². The van der Waals surface area contributed by atoms with Crippen LogP contribution in [0.1, 0.15) is 18.4 Å². The molecule has 144 valence electrons. The average molecular weight is 405 g/mol. The first-order chi connectivity index (χ1) is 12.9. The van der Waals surface area contributed by atoms with Crippen LogP contribution >= 0.6 is 11.8 Å². The minimum atomic E-state index is -3.51. The molecule has 1 aliphatic heterocycles. The molecule has 27 heavy (non-hydrogen) atoms. The van der Waals surface area contributed by atoms with Crippen LogP contribution in [0.3, 0.4) is 0 Å². The summed E-state index contributed by atoms with van der Waals surface area (Å²) in [5.74, 6) is -0.208. The fourth-order valence-corrected chi connectivity index (χ4v) is 5.08. The maximum atomic E-state index is 12.8. The van der Waals surface area contributed by atoms with E-state index in [4.69, 9.17) is 0 Å². The van der Waals surface area contributed by atoms with Gasteiger partial charge in [-0.3, -0.25) is 4.79 Å². The van der Waals surface area contributed by atoms with E-state index in [0.717, 1.165) is 16.1 Å². The highest BCUT2D eigenvalue weighted by atomic mass is 32.2. The van der Waals surface area contributed by atoms with Crippen molar-refractivity contribution >= 4 is 33.4 Å². The number of hydrogen-bond acceptors (Lipinski definition) is 4. The third kappa shape index (κ3) is 4.54. The Hall–Kier alpha value is -1.83. The molecular formula is C20H24N2O3S2. The topological polar surface area (TPSA) is 66.5 Å². The van der Waals surface area contributed by atoms with Crippen molar-refractivity contribution in [1.29, 1.82) is 0 Å². The number of carbonyl (C=O) groups excluding carboxylic acids is 1. The van der Waals surface area contributed by atoms with Crippen molar-refractivity contribution < 1.29 is 13.2 Å². The molecular weight excluding hydrogens is 380 g/mol. The Morgan fingerprint density at radius 3 is 2.30 bits per heavy atom. The molecule has 1 amide bonds. The molecule has 1 fully saturated rings. The second-order valence-corrected chi connectivity index (χ2v) is 9.48. The summed E-state index contributed by atoms with van der Waals surface area (Å²) >= 11 is 1.58. The van der Waals surface area contributed by atoms with Crippen molar-refractivity contribution in [3.05, 3.63) is 54.1 Å². The predicted octanol–water partition coefficient (Wildman–Crippen LogP) is 3.76. The maximum Gasteiger partial charge on any atom is 0.243 e. The van der Waals surface area contributed by atoms with Crippen molar-refractivity contribution in [1.82, 2.24) is 4.31 Å². The fourth-order valence-electron chi connectivity index (χ4n) is 3.20. The van der Waals surface area contributed by atoms with Crippen molar-refractivity contribution in [2.45, 2.75) is 29.6 Å². The third-order valence-corrected chi connectivity index (χ3v) is 7.58. The Kier molecular flexibility index (Phi) is 6.24. The predicted molar refractivity (Wildman–Crippen MR) is 110 cm³/mol. The zero-order chi connectivity index (χ0) is 19.4. The SMILES string of the molecule is CSc1ccc(S(=O)(=O)N2CCC(C(=O)Nc3ccccc3C)CC2)cc1. The zero-order valence-electron chi connectivity index (χ0n) is 15.5. The number of sulfonamides is 1. The quantitative estimate of drug-likeness (QED) is 0.771. The van der Waals surface area contributed by atoms with Crippen LogP contribution in [0.15, 0.2) is 58.3 Å². The molecule has 3 rings (SSSR count). The van der Waals surface area contributed by atoms with Crippen LogP contribution in [0.4, 0.5) is 5.69 Å². The smallest absolute Gasteiger partial charge is 0.243 e. The van der Waals surface area contributed by atoms with Crippen LogP contribution in [-0.4, -0.2) is 38.0 Å². The van der Waals surface area contributed by atoms with Gasteiger partial charge in [-0.2, -0.15) is 4.31 Å². The number of para-hydroxylation sites is 1. The Balaban J connectivity index is 1.62. The van der Waals surface area contributed by atoms with E-state index in [1.807, 2.05) is 49.6 Å². The number of aryl methyl sites for hydroxylation is 1. The van der Waals surface area contributed by atoms with E-state index in [0.29, 0.717) is 30.8 Å². The van der Waals surface area contributed by atoms with Crippen LogP contribution in [0.2, 0.25) is 0 Å². The minimum Gasteiger partial charge on any atom is -0.326 e. The summed E-state index contributed by atoms with van der Waals surface area (Å²) < 4.78 is 27.1. The first-order valence-corrected chi connectivity index (χ1v) is 11.6. The van der Waals surface area contributed by atoms with Gasteiger partial charge in [0.1, 0.15) is 0 Å². The second-order valence-electron chi connectivity index (χ2n) is 6.66. The number of amides is 1. The molecule has 0 radical (unpaired) electrons. The number of nitrogens with one attached hydrogen (secondary N) is 1. The lowest BCUT2D eigenvalue weighted by atomic mass is 9.97. The number of thioether (sulfide) groups is 1. The number of benzene rings is 2. The third-order valence-electron chi connectivity index (χ3n) is 4.92. The summed E-state index contributed by atoms with van der Waals surface area (Å²) in [6, 6.07) is 14.6. The molecule has 0 aromatic heterocycles. The first-order valence-electron chi connectivity index (χ1n) is 8.92. The van der Waals surface area contributed by atoms with Gasteiger partial charge in [0.05, 0.1) is 4.90 Å². The van der Waals surface area contributed by atoms with Gasteiger partial charge in [0, 0.05) is 29.6 Å². The van der Waals surface area contributed by atoms with E-state index in [2.05, 4.69) is 5.32 Å². The van der Waals surface area contributed by atoms with Gasteiger partial charge in [-0.05, 0) is 61.9 Å². The van der Waals surface area contributed by atoms with Gasteiger partial charge in [-0.15, -0.1) is 11.8 Å². The normalized spacial score (nSPS) is 16.2. The summed E-state index contributed by atoms with van der Waals surface area (Å²) in [4.78, 5) is 13.9. The average Bonchev–Trinajstić information content (AvgIpc) is 2.70.